The summed E-state index contributed by atoms with van der Waals surface area (Å²) < 4.78 is 0. The second kappa shape index (κ2) is 6.08. The van der Waals surface area contributed by atoms with Crippen molar-refractivity contribution in [1.29, 1.82) is 0 Å². The lowest BCUT2D eigenvalue weighted by molar-refractivity contribution is -0.148. The maximum Gasteiger partial charge on any atom is 0.329 e. The van der Waals surface area contributed by atoms with Gasteiger partial charge in [-0.3, -0.25) is 0 Å². The van der Waals surface area contributed by atoms with Gasteiger partial charge in [0.25, 0.3) is 0 Å². The molecule has 0 aromatic carbocycles. The Morgan fingerprint density at radius 1 is 1.26 bits per heavy atom. The Bertz CT molecular complexity index is 386. The number of allylic oxidation sites excluding steroid dienone is 1. The molecular weight excluding hydrogens is 244 g/mol. The van der Waals surface area contributed by atoms with E-state index in [9.17, 15) is 9.59 Å². The second-order valence-corrected chi connectivity index (χ2v) is 5.48. The molecule has 0 aliphatic heterocycles. The molecule has 1 saturated carbocycles. The van der Waals surface area contributed by atoms with Gasteiger partial charge in [-0.2, -0.15) is 0 Å². The summed E-state index contributed by atoms with van der Waals surface area (Å²) in [5.41, 5.74) is 0.386. The monoisotopic (exact) mass is 266 g/mol. The summed E-state index contributed by atoms with van der Waals surface area (Å²) in [6.45, 7) is 0.577. The Balaban J connectivity index is 1.70. The van der Waals surface area contributed by atoms with Crippen LogP contribution in [-0.2, 0) is 4.79 Å². The Hall–Kier alpha value is -1.52. The van der Waals surface area contributed by atoms with E-state index < -0.39 is 11.5 Å². The van der Waals surface area contributed by atoms with Crippen molar-refractivity contribution >= 4 is 12.0 Å². The van der Waals surface area contributed by atoms with E-state index in [1.54, 1.807) is 0 Å². The van der Waals surface area contributed by atoms with E-state index in [2.05, 4.69) is 16.7 Å². The van der Waals surface area contributed by atoms with Crippen molar-refractivity contribution in [1.82, 2.24) is 10.6 Å². The summed E-state index contributed by atoms with van der Waals surface area (Å²) in [5.74, 6) is -0.927. The molecule has 0 aromatic rings. The van der Waals surface area contributed by atoms with E-state index in [4.69, 9.17) is 5.11 Å². The van der Waals surface area contributed by atoms with Crippen LogP contribution in [0.1, 0.15) is 51.4 Å². The Morgan fingerprint density at radius 2 is 2.05 bits per heavy atom. The largest absolute Gasteiger partial charge is 0.480 e. The number of aliphatic carboxylic acids is 1. The van der Waals surface area contributed by atoms with Crippen molar-refractivity contribution in [2.45, 2.75) is 56.9 Å². The molecule has 0 radical (unpaired) electrons. The molecule has 3 N–H and O–H groups in total. The third-order valence-corrected chi connectivity index (χ3v) is 4.09. The minimum absolute atomic E-state index is 0.362. The molecule has 19 heavy (non-hydrogen) atoms. The zero-order valence-corrected chi connectivity index (χ0v) is 11.2. The van der Waals surface area contributed by atoms with Gasteiger partial charge in [0.15, 0.2) is 0 Å². The van der Waals surface area contributed by atoms with Crippen molar-refractivity contribution in [3.05, 3.63) is 11.6 Å². The molecule has 2 rings (SSSR count). The maximum atomic E-state index is 11.7. The van der Waals surface area contributed by atoms with Gasteiger partial charge in [0.1, 0.15) is 5.54 Å². The van der Waals surface area contributed by atoms with Gasteiger partial charge in [0.2, 0.25) is 0 Å². The molecule has 2 aliphatic rings. The Morgan fingerprint density at radius 3 is 2.58 bits per heavy atom. The fourth-order valence-corrected chi connectivity index (χ4v) is 2.65. The number of hydrogen-bond donors (Lipinski definition) is 3. The number of urea groups is 1. The molecule has 2 aliphatic carbocycles. The van der Waals surface area contributed by atoms with Crippen LogP contribution in [0.5, 0.6) is 0 Å². The van der Waals surface area contributed by atoms with Crippen LogP contribution in [0.15, 0.2) is 11.6 Å². The highest BCUT2D eigenvalue weighted by atomic mass is 16.4. The first kappa shape index (κ1) is 13.9. The van der Waals surface area contributed by atoms with Gasteiger partial charge in [-0.05, 0) is 51.4 Å². The molecule has 5 nitrogen and oxygen atoms in total. The summed E-state index contributed by atoms with van der Waals surface area (Å²) in [6, 6.07) is -0.362. The summed E-state index contributed by atoms with van der Waals surface area (Å²) in [7, 11) is 0. The van der Waals surface area contributed by atoms with Crippen LogP contribution in [0, 0.1) is 0 Å². The summed E-state index contributed by atoms with van der Waals surface area (Å²) in [6.07, 6.45) is 9.81. The second-order valence-electron chi connectivity index (χ2n) is 5.48. The molecule has 5 heteroatoms. The number of amides is 2. The first-order valence-electron chi connectivity index (χ1n) is 7.10. The van der Waals surface area contributed by atoms with E-state index in [1.807, 2.05) is 0 Å². The van der Waals surface area contributed by atoms with Crippen LogP contribution in [0.4, 0.5) is 4.79 Å². The third-order valence-electron chi connectivity index (χ3n) is 4.09. The van der Waals surface area contributed by atoms with E-state index in [0.717, 1.165) is 25.7 Å². The topological polar surface area (TPSA) is 78.4 Å². The van der Waals surface area contributed by atoms with Crippen LogP contribution in [0.3, 0.4) is 0 Å². The van der Waals surface area contributed by atoms with Crippen LogP contribution in [0.25, 0.3) is 0 Å². The maximum absolute atomic E-state index is 11.7. The predicted octanol–water partition coefficient (Wildman–Crippen LogP) is 2.18. The van der Waals surface area contributed by atoms with Crippen molar-refractivity contribution in [2.24, 2.45) is 0 Å². The number of hydrogen-bond acceptors (Lipinski definition) is 2. The first-order chi connectivity index (χ1) is 9.12. The summed E-state index contributed by atoms with van der Waals surface area (Å²) >= 11 is 0. The highest BCUT2D eigenvalue weighted by Gasteiger charge is 2.45. The molecule has 2 amide bonds. The average molecular weight is 266 g/mol. The van der Waals surface area contributed by atoms with E-state index in [1.165, 1.54) is 18.4 Å². The summed E-state index contributed by atoms with van der Waals surface area (Å²) in [5, 5.41) is 14.5. The van der Waals surface area contributed by atoms with Crippen LogP contribution >= 0.6 is 0 Å². The Labute approximate surface area is 113 Å². The molecule has 0 saturated heterocycles. The van der Waals surface area contributed by atoms with Gasteiger partial charge in [0.05, 0.1) is 0 Å². The fraction of sp³-hybridized carbons (Fsp3) is 0.714. The van der Waals surface area contributed by atoms with Crippen molar-refractivity contribution < 1.29 is 14.7 Å². The molecule has 1 fully saturated rings. The van der Waals surface area contributed by atoms with Gasteiger partial charge < -0.3 is 15.7 Å². The van der Waals surface area contributed by atoms with E-state index in [0.29, 0.717) is 19.4 Å². The van der Waals surface area contributed by atoms with Gasteiger partial charge in [-0.15, -0.1) is 0 Å². The summed E-state index contributed by atoms with van der Waals surface area (Å²) in [4.78, 5) is 22.8. The molecule has 0 unspecified atom stereocenters. The number of nitrogens with one attached hydrogen (secondary N) is 2. The van der Waals surface area contributed by atoms with Gasteiger partial charge in [0, 0.05) is 6.54 Å². The third kappa shape index (κ3) is 3.49. The first-order valence-corrected chi connectivity index (χ1v) is 7.10. The Kier molecular flexibility index (Phi) is 4.45. The molecule has 0 aromatic heterocycles. The zero-order chi connectivity index (χ0) is 13.7. The number of carbonyl (C=O) groups is 2. The number of carboxylic acids is 1. The molecule has 106 valence electrons. The standard InChI is InChI=1S/C14H22N2O3/c17-12(18)14(8-4-9-14)16-13(19)15-10-7-11-5-2-1-3-6-11/h5H,1-4,6-10H2,(H,17,18)(H2,15,16,19). The fourth-order valence-electron chi connectivity index (χ4n) is 2.65. The highest BCUT2D eigenvalue weighted by Crippen LogP contribution is 2.31. The lowest BCUT2D eigenvalue weighted by Crippen LogP contribution is -2.61. The molecule has 0 spiro atoms. The van der Waals surface area contributed by atoms with Crippen LogP contribution < -0.4 is 10.6 Å². The van der Waals surface area contributed by atoms with Crippen molar-refractivity contribution in [3.8, 4) is 0 Å². The van der Waals surface area contributed by atoms with Crippen molar-refractivity contribution in [3.63, 3.8) is 0 Å². The lowest BCUT2D eigenvalue weighted by atomic mass is 9.77. The molecule has 0 atom stereocenters. The van der Waals surface area contributed by atoms with E-state index >= 15 is 0 Å². The zero-order valence-electron chi connectivity index (χ0n) is 11.2. The van der Waals surface area contributed by atoms with Gasteiger partial charge in [-0.1, -0.05) is 11.6 Å². The lowest BCUT2D eigenvalue weighted by Gasteiger charge is -2.38. The molecular formula is C14H22N2O3. The van der Waals surface area contributed by atoms with Crippen molar-refractivity contribution in [2.75, 3.05) is 6.54 Å². The average Bonchev–Trinajstić information content (AvgIpc) is 2.34. The van der Waals surface area contributed by atoms with Gasteiger partial charge in [-0.25, -0.2) is 9.59 Å². The number of rotatable bonds is 5. The van der Waals surface area contributed by atoms with E-state index in [-0.39, 0.29) is 6.03 Å². The minimum Gasteiger partial charge on any atom is -0.480 e. The SMILES string of the molecule is O=C(NCCC1=CCCCC1)NC1(C(=O)O)CCC1. The normalized spacial score (nSPS) is 20.9. The smallest absolute Gasteiger partial charge is 0.329 e. The predicted molar refractivity (Wildman–Crippen MR) is 71.9 cm³/mol. The van der Waals surface area contributed by atoms with Crippen LogP contribution in [-0.4, -0.2) is 29.2 Å². The van der Waals surface area contributed by atoms with Gasteiger partial charge >= 0.3 is 12.0 Å². The molecule has 0 bridgehead atoms. The van der Waals surface area contributed by atoms with Crippen LogP contribution in [0.2, 0.25) is 0 Å². The molecule has 0 heterocycles. The number of carbonyl (C=O) groups excluding carboxylic acids is 1. The quantitative estimate of drug-likeness (QED) is 0.667. The number of carboxylic acid groups (broad SMARTS) is 1. The highest BCUT2D eigenvalue weighted by molar-refractivity contribution is 5.87. The minimum atomic E-state index is -1.02.